The smallest absolute Gasteiger partial charge is 0.263 e. The van der Waals surface area contributed by atoms with Crippen LogP contribution in [0.15, 0.2) is 77.9 Å². The molecule has 0 radical (unpaired) electrons. The lowest BCUT2D eigenvalue weighted by Crippen LogP contribution is -2.50. The zero-order chi connectivity index (χ0) is 38.6. The first kappa shape index (κ1) is 37.1. The molecule has 2 saturated heterocycles. The Morgan fingerprint density at radius 2 is 1.77 bits per heavy atom. The Morgan fingerprint density at radius 1 is 0.964 bits per heavy atom. The molecule has 5 heterocycles. The average molecular weight is 772 g/mol. The summed E-state index contributed by atoms with van der Waals surface area (Å²) in [6.45, 7) is 5.31. The molecule has 0 aliphatic carbocycles. The Balaban J connectivity index is 1.05. The number of aromatic hydroxyl groups is 1. The zero-order valence-electron chi connectivity index (χ0n) is 30.9. The predicted octanol–water partition coefficient (Wildman–Crippen LogP) is 5.09. The number of phenolic OH excluding ortho intramolecular Hbond substituents is 1. The molecule has 0 unspecified atom stereocenters. The number of nitrogens with two attached hydrogens (primary N) is 1. The number of hydrogen-bond acceptors (Lipinski definition) is 10. The van der Waals surface area contributed by atoms with Gasteiger partial charge >= 0.3 is 0 Å². The van der Waals surface area contributed by atoms with Gasteiger partial charge in [-0.3, -0.25) is 19.1 Å². The zero-order valence-corrected chi connectivity index (χ0v) is 31.7. The summed E-state index contributed by atoms with van der Waals surface area (Å²) in [6, 6.07) is 20.1. The van der Waals surface area contributed by atoms with Gasteiger partial charge in [0.15, 0.2) is 5.65 Å². The van der Waals surface area contributed by atoms with Gasteiger partial charge in [-0.1, -0.05) is 59.8 Å². The SMILES string of the molecule is Nc1ncnc2c1c(-c1cccc(O)c1)nn2Cc1nc2cccc(C#CCCCC(=O)N3CCC(N4CCOCC4)CC3)c2c(=O)n1Cc1ccccc1Cl. The van der Waals surface area contributed by atoms with E-state index in [-0.39, 0.29) is 36.1 Å². The largest absolute Gasteiger partial charge is 0.508 e. The number of hydrogen-bond donors (Lipinski definition) is 2. The summed E-state index contributed by atoms with van der Waals surface area (Å²) in [6.07, 6.45) is 4.95. The summed E-state index contributed by atoms with van der Waals surface area (Å²) >= 11 is 6.62. The molecule has 0 spiro atoms. The molecular weight excluding hydrogens is 730 g/mol. The van der Waals surface area contributed by atoms with Gasteiger partial charge in [0.2, 0.25) is 5.91 Å². The van der Waals surface area contributed by atoms with E-state index >= 15 is 0 Å². The normalized spacial score (nSPS) is 15.3. The molecule has 3 N–H and O–H groups in total. The number of aromatic nitrogens is 6. The fourth-order valence-electron chi connectivity index (χ4n) is 7.69. The van der Waals surface area contributed by atoms with Crippen molar-refractivity contribution in [2.45, 2.75) is 51.2 Å². The van der Waals surface area contributed by atoms with Crippen LogP contribution >= 0.6 is 11.6 Å². The van der Waals surface area contributed by atoms with Crippen molar-refractivity contribution in [1.29, 1.82) is 0 Å². The summed E-state index contributed by atoms with van der Waals surface area (Å²) in [5.41, 5.74) is 9.44. The number of ether oxygens (including phenoxy) is 1. The summed E-state index contributed by atoms with van der Waals surface area (Å²) < 4.78 is 8.74. The second kappa shape index (κ2) is 16.5. The maximum Gasteiger partial charge on any atom is 0.263 e. The van der Waals surface area contributed by atoms with E-state index in [0.29, 0.717) is 74.9 Å². The third kappa shape index (κ3) is 7.81. The number of phenols is 1. The molecule has 286 valence electrons. The van der Waals surface area contributed by atoms with Crippen molar-refractivity contribution in [3.05, 3.63) is 105 Å². The number of anilines is 1. The van der Waals surface area contributed by atoms with Crippen LogP contribution < -0.4 is 11.3 Å². The lowest BCUT2D eigenvalue weighted by Gasteiger charge is -2.40. The number of nitrogen functional groups attached to an aromatic ring is 1. The van der Waals surface area contributed by atoms with Crippen molar-refractivity contribution in [1.82, 2.24) is 39.1 Å². The van der Waals surface area contributed by atoms with Crippen molar-refractivity contribution < 1.29 is 14.6 Å². The van der Waals surface area contributed by atoms with Crippen molar-refractivity contribution >= 4 is 45.3 Å². The number of unbranched alkanes of at least 4 members (excludes halogenated alkanes) is 1. The molecule has 2 fully saturated rings. The Hall–Kier alpha value is -5.81. The van der Waals surface area contributed by atoms with Gasteiger partial charge in [-0.15, -0.1) is 0 Å². The maximum absolute atomic E-state index is 14.6. The Bertz CT molecular complexity index is 2530. The highest BCUT2D eigenvalue weighted by atomic mass is 35.5. The molecule has 0 saturated carbocycles. The average Bonchev–Trinajstić information content (AvgIpc) is 3.59. The van der Waals surface area contributed by atoms with Crippen LogP contribution in [0.25, 0.3) is 33.2 Å². The number of morpholine rings is 1. The molecule has 13 nitrogen and oxygen atoms in total. The third-order valence-electron chi connectivity index (χ3n) is 10.6. The first-order chi connectivity index (χ1) is 27.3. The van der Waals surface area contributed by atoms with Gasteiger partial charge in [-0.25, -0.2) is 19.6 Å². The summed E-state index contributed by atoms with van der Waals surface area (Å²) in [5, 5.41) is 16.5. The van der Waals surface area contributed by atoms with Gasteiger partial charge < -0.3 is 20.5 Å². The number of nitrogens with zero attached hydrogens (tertiary/aromatic N) is 8. The molecule has 14 heteroatoms. The van der Waals surface area contributed by atoms with Crippen LogP contribution in [0.2, 0.25) is 5.02 Å². The van der Waals surface area contributed by atoms with E-state index in [4.69, 9.17) is 32.2 Å². The molecule has 6 aromatic rings. The van der Waals surface area contributed by atoms with E-state index in [9.17, 15) is 14.7 Å². The molecule has 1 amide bonds. The van der Waals surface area contributed by atoms with Crippen LogP contribution in [0.1, 0.15) is 49.1 Å². The molecule has 2 aliphatic heterocycles. The standard InChI is InChI=1S/C42H42ClN9O4/c43-33-13-5-4-9-30(33)25-51-35(26-52-41-38(40(44)45-27-46-41)39(48-52)29-11-6-12-32(53)24-29)47-34-14-7-10-28(37(34)42(51)55)8-2-1-3-15-36(54)50-18-16-31(17-19-50)49-20-22-56-23-21-49/h4-7,9-14,24,27,31,53H,1,3,15-23,25-26H2,(H2,44,45,46). The van der Waals surface area contributed by atoms with Gasteiger partial charge in [0.1, 0.15) is 36.0 Å². The van der Waals surface area contributed by atoms with Crippen molar-refractivity contribution in [3.63, 3.8) is 0 Å². The minimum atomic E-state index is -0.274. The second-order valence-electron chi connectivity index (χ2n) is 14.1. The molecule has 0 bridgehead atoms. The topological polar surface area (TPSA) is 158 Å². The van der Waals surface area contributed by atoms with Gasteiger partial charge in [0.25, 0.3) is 5.56 Å². The fourth-order valence-corrected chi connectivity index (χ4v) is 7.89. The minimum absolute atomic E-state index is 0.0657. The van der Waals surface area contributed by atoms with E-state index in [2.05, 4.69) is 26.7 Å². The predicted molar refractivity (Wildman–Crippen MR) is 215 cm³/mol. The van der Waals surface area contributed by atoms with Crippen LogP contribution in [-0.4, -0.2) is 95.5 Å². The molecular formula is C42H42ClN9O4. The molecule has 3 aromatic heterocycles. The van der Waals surface area contributed by atoms with E-state index in [1.165, 1.54) is 6.33 Å². The van der Waals surface area contributed by atoms with E-state index in [1.54, 1.807) is 39.6 Å². The molecule has 2 aliphatic rings. The highest BCUT2D eigenvalue weighted by Gasteiger charge is 2.27. The monoisotopic (exact) mass is 771 g/mol. The van der Waals surface area contributed by atoms with Crippen molar-refractivity contribution in [3.8, 4) is 28.8 Å². The van der Waals surface area contributed by atoms with Crippen LogP contribution in [0.4, 0.5) is 5.82 Å². The Labute approximate surface area is 328 Å². The van der Waals surface area contributed by atoms with Crippen LogP contribution in [0, 0.1) is 11.8 Å². The van der Waals surface area contributed by atoms with Gasteiger partial charge in [0, 0.05) is 61.2 Å². The second-order valence-corrected chi connectivity index (χ2v) is 14.5. The Morgan fingerprint density at radius 3 is 2.57 bits per heavy atom. The fraction of sp³-hybridized carbons (Fsp3) is 0.333. The number of carbonyl (C=O) groups excluding carboxylic acids is 1. The van der Waals surface area contributed by atoms with E-state index in [1.807, 2.05) is 41.3 Å². The number of carbonyl (C=O) groups is 1. The first-order valence-electron chi connectivity index (χ1n) is 18.9. The molecule has 8 rings (SSSR count). The van der Waals surface area contributed by atoms with E-state index < -0.39 is 0 Å². The number of fused-ring (bicyclic) bond motifs is 2. The number of rotatable bonds is 9. The molecule has 0 atom stereocenters. The summed E-state index contributed by atoms with van der Waals surface area (Å²) in [5.74, 6) is 7.33. The van der Waals surface area contributed by atoms with Gasteiger partial charge in [0.05, 0.1) is 36.0 Å². The lowest BCUT2D eigenvalue weighted by molar-refractivity contribution is -0.133. The number of halogens is 1. The van der Waals surface area contributed by atoms with Crippen LogP contribution in [0.5, 0.6) is 5.75 Å². The highest BCUT2D eigenvalue weighted by Crippen LogP contribution is 2.32. The highest BCUT2D eigenvalue weighted by molar-refractivity contribution is 6.31. The summed E-state index contributed by atoms with van der Waals surface area (Å²) in [4.78, 5) is 45.8. The van der Waals surface area contributed by atoms with Crippen molar-refractivity contribution in [2.75, 3.05) is 45.1 Å². The molecule has 56 heavy (non-hydrogen) atoms. The Kier molecular flexibility index (Phi) is 10.9. The number of benzene rings is 3. The quantitative estimate of drug-likeness (QED) is 0.150. The lowest BCUT2D eigenvalue weighted by atomic mass is 10.0. The van der Waals surface area contributed by atoms with Crippen LogP contribution in [-0.2, 0) is 22.6 Å². The van der Waals surface area contributed by atoms with E-state index in [0.717, 1.165) is 57.8 Å². The summed E-state index contributed by atoms with van der Waals surface area (Å²) in [7, 11) is 0. The maximum atomic E-state index is 14.6. The van der Waals surface area contributed by atoms with Gasteiger partial charge in [-0.05, 0) is 55.2 Å². The third-order valence-corrected chi connectivity index (χ3v) is 11.0. The van der Waals surface area contributed by atoms with Crippen molar-refractivity contribution in [2.24, 2.45) is 0 Å². The van der Waals surface area contributed by atoms with Gasteiger partial charge in [-0.2, -0.15) is 5.10 Å². The van der Waals surface area contributed by atoms with Crippen LogP contribution in [0.3, 0.4) is 0 Å². The number of piperidine rings is 1. The number of likely N-dealkylation sites (tertiary alicyclic amines) is 1. The first-order valence-corrected chi connectivity index (χ1v) is 19.3. The number of amides is 1. The minimum Gasteiger partial charge on any atom is -0.508 e. The molecule has 3 aromatic carbocycles.